The van der Waals surface area contributed by atoms with Crippen LogP contribution in [0.25, 0.3) is 43.8 Å². The lowest BCUT2D eigenvalue weighted by atomic mass is 9.82. The molecule has 0 saturated heterocycles. The molecule has 36 heavy (non-hydrogen) atoms. The van der Waals surface area contributed by atoms with E-state index in [-0.39, 0.29) is 0 Å². The molecule has 0 spiro atoms. The van der Waals surface area contributed by atoms with Gasteiger partial charge < -0.3 is 9.73 Å². The molecule has 176 valence electrons. The van der Waals surface area contributed by atoms with E-state index in [0.29, 0.717) is 5.92 Å². The van der Waals surface area contributed by atoms with Gasteiger partial charge in [0.15, 0.2) is 5.58 Å². The summed E-state index contributed by atoms with van der Waals surface area (Å²) < 4.78 is 6.80. The first-order valence-corrected chi connectivity index (χ1v) is 13.1. The summed E-state index contributed by atoms with van der Waals surface area (Å²) >= 11 is 0. The van der Waals surface area contributed by atoms with Crippen LogP contribution in [0.1, 0.15) is 43.6 Å². The first kappa shape index (κ1) is 21.3. The first-order chi connectivity index (χ1) is 17.8. The van der Waals surface area contributed by atoms with Crippen molar-refractivity contribution in [2.45, 2.75) is 38.0 Å². The van der Waals surface area contributed by atoms with Gasteiger partial charge in [-0.05, 0) is 70.5 Å². The number of fused-ring (bicyclic) bond motifs is 5. The van der Waals surface area contributed by atoms with Crippen molar-refractivity contribution in [1.82, 2.24) is 0 Å². The molecule has 7 rings (SSSR count). The molecular formula is C34H29NO. The second-order valence-electron chi connectivity index (χ2n) is 10.1. The van der Waals surface area contributed by atoms with E-state index >= 15 is 0 Å². The summed E-state index contributed by atoms with van der Waals surface area (Å²) in [4.78, 5) is 0. The maximum atomic E-state index is 6.80. The highest BCUT2D eigenvalue weighted by Crippen LogP contribution is 2.44. The van der Waals surface area contributed by atoms with Crippen molar-refractivity contribution >= 4 is 44.1 Å². The Morgan fingerprint density at radius 3 is 2.25 bits per heavy atom. The lowest BCUT2D eigenvalue weighted by Gasteiger charge is -2.22. The minimum Gasteiger partial charge on any atom is -0.454 e. The zero-order valence-corrected chi connectivity index (χ0v) is 20.3. The quantitative estimate of drug-likeness (QED) is 0.279. The van der Waals surface area contributed by atoms with E-state index < -0.39 is 0 Å². The third kappa shape index (κ3) is 3.65. The van der Waals surface area contributed by atoms with Crippen molar-refractivity contribution in [3.8, 4) is 11.1 Å². The predicted octanol–water partition coefficient (Wildman–Crippen LogP) is 10.2. The summed E-state index contributed by atoms with van der Waals surface area (Å²) in [5.74, 6) is 0.574. The summed E-state index contributed by atoms with van der Waals surface area (Å²) in [6.45, 7) is 0. The highest BCUT2D eigenvalue weighted by molar-refractivity contribution is 6.21. The van der Waals surface area contributed by atoms with E-state index in [1.807, 2.05) is 0 Å². The molecule has 2 nitrogen and oxygen atoms in total. The van der Waals surface area contributed by atoms with E-state index in [9.17, 15) is 0 Å². The van der Waals surface area contributed by atoms with Crippen LogP contribution >= 0.6 is 0 Å². The monoisotopic (exact) mass is 467 g/mol. The third-order valence-corrected chi connectivity index (χ3v) is 7.81. The van der Waals surface area contributed by atoms with Crippen LogP contribution in [-0.2, 0) is 0 Å². The maximum Gasteiger partial charge on any atom is 0.158 e. The van der Waals surface area contributed by atoms with E-state index in [0.717, 1.165) is 22.5 Å². The molecule has 0 aliphatic heterocycles. The van der Waals surface area contributed by atoms with Gasteiger partial charge >= 0.3 is 0 Å². The number of benzene rings is 5. The summed E-state index contributed by atoms with van der Waals surface area (Å²) in [7, 11) is 0. The Bertz CT molecular complexity index is 1690. The fourth-order valence-electron chi connectivity index (χ4n) is 6.05. The van der Waals surface area contributed by atoms with Crippen molar-refractivity contribution < 1.29 is 4.42 Å². The fourth-order valence-corrected chi connectivity index (χ4v) is 6.05. The van der Waals surface area contributed by atoms with Gasteiger partial charge in [-0.25, -0.2) is 0 Å². The number of para-hydroxylation sites is 1. The van der Waals surface area contributed by atoms with Crippen LogP contribution < -0.4 is 5.32 Å². The summed E-state index contributed by atoms with van der Waals surface area (Å²) in [6.07, 6.45) is 6.47. The predicted molar refractivity (Wildman–Crippen MR) is 152 cm³/mol. The molecule has 1 aliphatic carbocycles. The van der Waals surface area contributed by atoms with Crippen LogP contribution in [0.3, 0.4) is 0 Å². The van der Waals surface area contributed by atoms with Crippen LogP contribution in [0, 0.1) is 0 Å². The van der Waals surface area contributed by atoms with Crippen LogP contribution in [0.4, 0.5) is 11.4 Å². The zero-order chi connectivity index (χ0) is 23.9. The van der Waals surface area contributed by atoms with E-state index in [1.165, 1.54) is 70.3 Å². The van der Waals surface area contributed by atoms with Gasteiger partial charge in [0.1, 0.15) is 5.58 Å². The molecule has 2 heteroatoms. The topological polar surface area (TPSA) is 25.2 Å². The normalized spacial score (nSPS) is 14.6. The molecule has 1 heterocycles. The SMILES string of the molecule is c1ccc(-c2cccc(Nc3cccc4c3oc3c(C5CCCCC5)cc5ccccc5c34)c2)cc1. The van der Waals surface area contributed by atoms with Crippen LogP contribution in [0.5, 0.6) is 0 Å². The smallest absolute Gasteiger partial charge is 0.158 e. The molecule has 1 N–H and O–H groups in total. The fraction of sp³-hybridized carbons (Fsp3) is 0.176. The molecule has 0 amide bonds. The lowest BCUT2D eigenvalue weighted by molar-refractivity contribution is 0.442. The maximum absolute atomic E-state index is 6.80. The summed E-state index contributed by atoms with van der Waals surface area (Å²) in [5.41, 5.74) is 7.87. The Labute approximate surface area is 211 Å². The number of rotatable bonds is 4. The molecule has 1 aromatic heterocycles. The Hall–Kier alpha value is -4.04. The lowest BCUT2D eigenvalue weighted by Crippen LogP contribution is -2.04. The molecule has 0 bridgehead atoms. The number of anilines is 2. The van der Waals surface area contributed by atoms with Gasteiger partial charge in [0.05, 0.1) is 5.69 Å². The largest absolute Gasteiger partial charge is 0.454 e. The number of hydrogen-bond acceptors (Lipinski definition) is 2. The third-order valence-electron chi connectivity index (χ3n) is 7.81. The van der Waals surface area contributed by atoms with Crippen LogP contribution in [-0.4, -0.2) is 0 Å². The van der Waals surface area contributed by atoms with Crippen molar-refractivity contribution in [3.63, 3.8) is 0 Å². The Kier molecular flexibility index (Phi) is 5.24. The Morgan fingerprint density at radius 2 is 1.36 bits per heavy atom. The summed E-state index contributed by atoms with van der Waals surface area (Å²) in [6, 6.07) is 36.8. The number of hydrogen-bond donors (Lipinski definition) is 1. The minimum atomic E-state index is 0.574. The second kappa shape index (κ2) is 8.87. The van der Waals surface area contributed by atoms with Gasteiger partial charge in [-0.3, -0.25) is 0 Å². The molecule has 5 aromatic carbocycles. The van der Waals surface area contributed by atoms with Crippen molar-refractivity contribution in [2.75, 3.05) is 5.32 Å². The van der Waals surface area contributed by atoms with Gasteiger partial charge in [0, 0.05) is 16.5 Å². The minimum absolute atomic E-state index is 0.574. The molecular weight excluding hydrogens is 438 g/mol. The van der Waals surface area contributed by atoms with E-state index in [4.69, 9.17) is 4.42 Å². The molecule has 0 atom stereocenters. The van der Waals surface area contributed by atoms with Crippen molar-refractivity contribution in [2.24, 2.45) is 0 Å². The highest BCUT2D eigenvalue weighted by atomic mass is 16.3. The zero-order valence-electron chi connectivity index (χ0n) is 20.3. The number of furan rings is 1. The van der Waals surface area contributed by atoms with Gasteiger partial charge in [0.2, 0.25) is 0 Å². The molecule has 6 aromatic rings. The Balaban J connectivity index is 1.39. The molecule has 1 aliphatic rings. The van der Waals surface area contributed by atoms with Gasteiger partial charge in [-0.2, -0.15) is 0 Å². The first-order valence-electron chi connectivity index (χ1n) is 13.1. The average molecular weight is 468 g/mol. The Morgan fingerprint density at radius 1 is 0.611 bits per heavy atom. The van der Waals surface area contributed by atoms with Crippen LogP contribution in [0.15, 0.2) is 108 Å². The molecule has 1 fully saturated rings. The molecule has 0 unspecified atom stereocenters. The average Bonchev–Trinajstić information content (AvgIpc) is 3.35. The van der Waals surface area contributed by atoms with Gasteiger partial charge in [-0.1, -0.05) is 98.1 Å². The standard InChI is InChI=1S/C34H29NO/c1-3-11-23(12-4-1)25-16-9-17-27(21-25)35-31-20-10-19-29-32-28-18-8-7-15-26(28)22-30(34(32)36-33(29)31)24-13-5-2-6-14-24/h1,3-4,7-12,15-22,24,35H,2,5-6,13-14H2. The number of nitrogens with one attached hydrogen (secondary N) is 1. The van der Waals surface area contributed by atoms with Crippen LogP contribution in [0.2, 0.25) is 0 Å². The molecule has 0 radical (unpaired) electrons. The molecule has 1 saturated carbocycles. The van der Waals surface area contributed by atoms with Crippen molar-refractivity contribution in [3.05, 3.63) is 109 Å². The van der Waals surface area contributed by atoms with Gasteiger partial charge in [-0.15, -0.1) is 0 Å². The van der Waals surface area contributed by atoms with E-state index in [2.05, 4.69) is 108 Å². The van der Waals surface area contributed by atoms with Crippen molar-refractivity contribution in [1.29, 1.82) is 0 Å². The van der Waals surface area contributed by atoms with E-state index in [1.54, 1.807) is 0 Å². The van der Waals surface area contributed by atoms with Gasteiger partial charge in [0.25, 0.3) is 0 Å². The second-order valence-corrected chi connectivity index (χ2v) is 10.1. The highest BCUT2D eigenvalue weighted by Gasteiger charge is 2.23. The summed E-state index contributed by atoms with van der Waals surface area (Å²) in [5, 5.41) is 8.69.